The zero-order valence-corrected chi connectivity index (χ0v) is 14.7. The Balaban J connectivity index is 1.52. The first-order valence-electron chi connectivity index (χ1n) is 8.43. The van der Waals surface area contributed by atoms with E-state index in [0.717, 1.165) is 22.6 Å². The third-order valence-electron chi connectivity index (χ3n) is 4.30. The average Bonchev–Trinajstić information content (AvgIpc) is 2.63. The molecule has 0 radical (unpaired) electrons. The second-order valence-electron chi connectivity index (χ2n) is 6.20. The van der Waals surface area contributed by atoms with Crippen molar-refractivity contribution < 1.29 is 19.0 Å². The van der Waals surface area contributed by atoms with Crippen LogP contribution in [0.15, 0.2) is 42.5 Å². The highest BCUT2D eigenvalue weighted by atomic mass is 16.6. The molecule has 1 aliphatic heterocycles. The minimum atomic E-state index is -0.586. The van der Waals surface area contributed by atoms with Crippen molar-refractivity contribution in [2.75, 3.05) is 13.2 Å². The molecule has 2 aromatic carbocycles. The molecule has 0 bridgehead atoms. The van der Waals surface area contributed by atoms with Gasteiger partial charge in [-0.2, -0.15) is 0 Å². The molecule has 1 amide bonds. The van der Waals surface area contributed by atoms with Gasteiger partial charge in [0.05, 0.1) is 6.54 Å². The van der Waals surface area contributed by atoms with E-state index in [4.69, 9.17) is 14.2 Å². The molecule has 0 saturated heterocycles. The third kappa shape index (κ3) is 4.05. The van der Waals surface area contributed by atoms with E-state index >= 15 is 0 Å². The Morgan fingerprint density at radius 1 is 1.20 bits per heavy atom. The van der Waals surface area contributed by atoms with Gasteiger partial charge in [0.25, 0.3) is 5.91 Å². The molecule has 0 saturated carbocycles. The number of hydrogen-bond donors (Lipinski definition) is 1. The van der Waals surface area contributed by atoms with Crippen molar-refractivity contribution >= 4 is 5.91 Å². The molecule has 1 aliphatic rings. The Labute approximate surface area is 147 Å². The highest BCUT2D eigenvalue weighted by Crippen LogP contribution is 2.30. The zero-order chi connectivity index (χ0) is 17.8. The van der Waals surface area contributed by atoms with Crippen LogP contribution in [0.4, 0.5) is 0 Å². The first-order valence-corrected chi connectivity index (χ1v) is 8.43. The number of hydrogen-bond acceptors (Lipinski definition) is 4. The van der Waals surface area contributed by atoms with Crippen molar-refractivity contribution in [1.82, 2.24) is 5.32 Å². The minimum Gasteiger partial charge on any atom is -0.486 e. The average molecular weight is 341 g/mol. The quantitative estimate of drug-likeness (QED) is 0.908. The Bertz CT molecular complexity index is 759. The normalized spacial score (nSPS) is 16.8. The molecule has 3 rings (SSSR count). The minimum absolute atomic E-state index is 0.177. The molecule has 1 heterocycles. The first kappa shape index (κ1) is 17.1. The van der Waals surface area contributed by atoms with Crippen LogP contribution < -0.4 is 19.5 Å². The van der Waals surface area contributed by atoms with Gasteiger partial charge in [-0.25, -0.2) is 0 Å². The number of ether oxygens (including phenoxy) is 3. The van der Waals surface area contributed by atoms with Crippen LogP contribution >= 0.6 is 0 Å². The molecule has 5 heteroatoms. The summed E-state index contributed by atoms with van der Waals surface area (Å²) in [6.45, 7) is 6.52. The van der Waals surface area contributed by atoms with E-state index in [0.29, 0.717) is 18.9 Å². The molecule has 0 aromatic heterocycles. The standard InChI is InChI=1S/C20H23NO4/c1-13-7-6-10-17(14(13)2)24-15(3)20(22)21-11-16-12-23-18-8-4-5-9-19(18)25-16/h4-10,15-16H,11-12H2,1-3H3,(H,21,22)/t15-,16-/m0/s1. The first-order chi connectivity index (χ1) is 12.0. The van der Waals surface area contributed by atoms with Gasteiger partial charge < -0.3 is 19.5 Å². The van der Waals surface area contributed by atoms with Crippen LogP contribution in [0.3, 0.4) is 0 Å². The van der Waals surface area contributed by atoms with Crippen LogP contribution in [-0.4, -0.2) is 31.3 Å². The summed E-state index contributed by atoms with van der Waals surface area (Å²) < 4.78 is 17.3. The molecule has 2 aromatic rings. The number of para-hydroxylation sites is 2. The Hall–Kier alpha value is -2.69. The van der Waals surface area contributed by atoms with Gasteiger partial charge in [-0.05, 0) is 50.1 Å². The van der Waals surface area contributed by atoms with Gasteiger partial charge in [0.1, 0.15) is 18.5 Å². The largest absolute Gasteiger partial charge is 0.486 e. The molecule has 0 unspecified atom stereocenters. The van der Waals surface area contributed by atoms with Crippen LogP contribution in [-0.2, 0) is 4.79 Å². The lowest BCUT2D eigenvalue weighted by Crippen LogP contribution is -2.44. The summed E-state index contributed by atoms with van der Waals surface area (Å²) in [6.07, 6.45) is -0.802. The topological polar surface area (TPSA) is 56.8 Å². The second-order valence-corrected chi connectivity index (χ2v) is 6.20. The number of aryl methyl sites for hydroxylation is 1. The van der Waals surface area contributed by atoms with Crippen LogP contribution in [0.1, 0.15) is 18.1 Å². The lowest BCUT2D eigenvalue weighted by molar-refractivity contribution is -0.127. The fourth-order valence-electron chi connectivity index (χ4n) is 2.62. The number of fused-ring (bicyclic) bond motifs is 1. The number of amides is 1. The summed E-state index contributed by atoms with van der Waals surface area (Å²) >= 11 is 0. The summed E-state index contributed by atoms with van der Waals surface area (Å²) in [4.78, 5) is 12.3. The van der Waals surface area contributed by atoms with Crippen molar-refractivity contribution in [3.63, 3.8) is 0 Å². The van der Waals surface area contributed by atoms with Crippen molar-refractivity contribution in [3.05, 3.63) is 53.6 Å². The van der Waals surface area contributed by atoms with Crippen molar-refractivity contribution in [1.29, 1.82) is 0 Å². The fraction of sp³-hybridized carbons (Fsp3) is 0.350. The van der Waals surface area contributed by atoms with Crippen molar-refractivity contribution in [2.24, 2.45) is 0 Å². The van der Waals surface area contributed by atoms with Gasteiger partial charge >= 0.3 is 0 Å². The molecule has 0 aliphatic carbocycles. The maximum atomic E-state index is 12.3. The lowest BCUT2D eigenvalue weighted by Gasteiger charge is -2.27. The fourth-order valence-corrected chi connectivity index (χ4v) is 2.62. The van der Waals surface area contributed by atoms with E-state index in [2.05, 4.69) is 5.32 Å². The zero-order valence-electron chi connectivity index (χ0n) is 14.7. The van der Waals surface area contributed by atoms with E-state index in [9.17, 15) is 4.79 Å². The SMILES string of the molecule is Cc1cccc(O[C@@H](C)C(=O)NC[C@H]2COc3ccccc3O2)c1C. The lowest BCUT2D eigenvalue weighted by atomic mass is 10.1. The van der Waals surface area contributed by atoms with Crippen molar-refractivity contribution in [2.45, 2.75) is 33.0 Å². The number of rotatable bonds is 5. The summed E-state index contributed by atoms with van der Waals surface area (Å²) in [6, 6.07) is 13.3. The number of benzene rings is 2. The van der Waals surface area contributed by atoms with Crippen LogP contribution in [0.5, 0.6) is 17.2 Å². The van der Waals surface area contributed by atoms with Gasteiger partial charge in [0.15, 0.2) is 17.6 Å². The molecule has 5 nitrogen and oxygen atoms in total. The van der Waals surface area contributed by atoms with Crippen molar-refractivity contribution in [3.8, 4) is 17.2 Å². The van der Waals surface area contributed by atoms with E-state index < -0.39 is 6.10 Å². The maximum Gasteiger partial charge on any atom is 0.260 e. The highest BCUT2D eigenvalue weighted by molar-refractivity contribution is 5.80. The molecule has 0 spiro atoms. The predicted octanol–water partition coefficient (Wildman–Crippen LogP) is 3.03. The van der Waals surface area contributed by atoms with Crippen LogP contribution in [0.2, 0.25) is 0 Å². The predicted molar refractivity (Wildman–Crippen MR) is 95.4 cm³/mol. The summed E-state index contributed by atoms with van der Waals surface area (Å²) in [7, 11) is 0. The molecule has 25 heavy (non-hydrogen) atoms. The molecular formula is C20H23NO4. The Morgan fingerprint density at radius 2 is 1.96 bits per heavy atom. The number of carbonyl (C=O) groups excluding carboxylic acids is 1. The Morgan fingerprint density at radius 3 is 2.76 bits per heavy atom. The van der Waals surface area contributed by atoms with Crippen LogP contribution in [0, 0.1) is 13.8 Å². The molecule has 1 N–H and O–H groups in total. The van der Waals surface area contributed by atoms with Gasteiger partial charge in [0, 0.05) is 0 Å². The molecule has 0 fully saturated rings. The van der Waals surface area contributed by atoms with E-state index in [-0.39, 0.29) is 12.0 Å². The van der Waals surface area contributed by atoms with Crippen LogP contribution in [0.25, 0.3) is 0 Å². The monoisotopic (exact) mass is 341 g/mol. The highest BCUT2D eigenvalue weighted by Gasteiger charge is 2.23. The Kier molecular flexibility index (Phi) is 5.12. The van der Waals surface area contributed by atoms with E-state index in [1.54, 1.807) is 6.92 Å². The molecule has 132 valence electrons. The number of nitrogens with one attached hydrogen (secondary N) is 1. The third-order valence-corrected chi connectivity index (χ3v) is 4.30. The van der Waals surface area contributed by atoms with Gasteiger partial charge in [-0.3, -0.25) is 4.79 Å². The summed E-state index contributed by atoms with van der Waals surface area (Å²) in [5, 5.41) is 2.87. The van der Waals surface area contributed by atoms with E-state index in [1.165, 1.54) is 0 Å². The maximum absolute atomic E-state index is 12.3. The molecule has 2 atom stereocenters. The summed E-state index contributed by atoms with van der Waals surface area (Å²) in [5.41, 5.74) is 2.18. The molecular weight excluding hydrogens is 318 g/mol. The van der Waals surface area contributed by atoms with Gasteiger partial charge in [-0.1, -0.05) is 24.3 Å². The van der Waals surface area contributed by atoms with Gasteiger partial charge in [0.2, 0.25) is 0 Å². The van der Waals surface area contributed by atoms with Gasteiger partial charge in [-0.15, -0.1) is 0 Å². The smallest absolute Gasteiger partial charge is 0.260 e. The second kappa shape index (κ2) is 7.47. The summed E-state index contributed by atoms with van der Waals surface area (Å²) in [5.74, 6) is 1.99. The number of carbonyl (C=O) groups is 1. The van der Waals surface area contributed by atoms with E-state index in [1.807, 2.05) is 56.3 Å².